The predicted molar refractivity (Wildman–Crippen MR) is 109 cm³/mol. The van der Waals surface area contributed by atoms with Gasteiger partial charge < -0.3 is 4.98 Å². The minimum Gasteiger partial charge on any atom is -0.358 e. The summed E-state index contributed by atoms with van der Waals surface area (Å²) in [6, 6.07) is 9.41. The molecule has 0 aliphatic heterocycles. The van der Waals surface area contributed by atoms with Gasteiger partial charge in [0.05, 0.1) is 0 Å². The van der Waals surface area contributed by atoms with Gasteiger partial charge in [0.15, 0.2) is 5.43 Å². The van der Waals surface area contributed by atoms with Crippen LogP contribution in [0, 0.1) is 13.8 Å². The van der Waals surface area contributed by atoms with Crippen molar-refractivity contribution in [2.24, 2.45) is 0 Å². The highest BCUT2D eigenvalue weighted by atomic mass is 35.5. The van der Waals surface area contributed by atoms with Gasteiger partial charge in [0, 0.05) is 46.0 Å². The molecule has 3 rings (SSSR count). The van der Waals surface area contributed by atoms with E-state index in [0.29, 0.717) is 5.56 Å². The van der Waals surface area contributed by atoms with Gasteiger partial charge >= 0.3 is 0 Å². The lowest BCUT2D eigenvalue weighted by Gasteiger charge is -2.22. The van der Waals surface area contributed by atoms with Crippen molar-refractivity contribution in [2.75, 3.05) is 0 Å². The summed E-state index contributed by atoms with van der Waals surface area (Å²) in [5, 5.41) is 0.717. The molecule has 0 bridgehead atoms. The largest absolute Gasteiger partial charge is 0.358 e. The highest BCUT2D eigenvalue weighted by molar-refractivity contribution is 6.31. The first-order valence-corrected chi connectivity index (χ1v) is 9.01. The Morgan fingerprint density at radius 1 is 1.04 bits per heavy atom. The van der Waals surface area contributed by atoms with Gasteiger partial charge in [-0.05, 0) is 54.2 Å². The fraction of sp³-hybridized carbons (Fsp3) is 0.273. The third-order valence-electron chi connectivity index (χ3n) is 4.60. The maximum absolute atomic E-state index is 12.8. The maximum Gasteiger partial charge on any atom is 0.190 e. The van der Waals surface area contributed by atoms with Crippen molar-refractivity contribution >= 4 is 11.6 Å². The fourth-order valence-corrected chi connectivity index (χ4v) is 3.70. The quantitative estimate of drug-likeness (QED) is 0.634. The van der Waals surface area contributed by atoms with Crippen LogP contribution in [0.25, 0.3) is 22.4 Å². The van der Waals surface area contributed by atoms with Crippen LogP contribution >= 0.6 is 11.6 Å². The normalized spacial score (nSPS) is 11.6. The molecule has 2 aromatic heterocycles. The summed E-state index contributed by atoms with van der Waals surface area (Å²) >= 11 is 6.54. The SMILES string of the molecule is Cc1cc(C(C)(C)C)c(Cl)cc1-c1cc(=O)c(-c2ccncc2)c(C)[nH]1. The molecule has 0 fully saturated rings. The van der Waals surface area contributed by atoms with Crippen LogP contribution in [0.5, 0.6) is 0 Å². The Kier molecular flexibility index (Phi) is 4.76. The molecule has 1 aromatic carbocycles. The van der Waals surface area contributed by atoms with Crippen molar-refractivity contribution in [3.63, 3.8) is 0 Å². The monoisotopic (exact) mass is 366 g/mol. The number of rotatable bonds is 2. The van der Waals surface area contributed by atoms with E-state index in [1.54, 1.807) is 18.5 Å². The molecule has 0 saturated heterocycles. The van der Waals surface area contributed by atoms with E-state index < -0.39 is 0 Å². The maximum atomic E-state index is 12.8. The highest BCUT2D eigenvalue weighted by Gasteiger charge is 2.20. The lowest BCUT2D eigenvalue weighted by Crippen LogP contribution is -2.13. The van der Waals surface area contributed by atoms with Crippen LogP contribution in [0.4, 0.5) is 0 Å². The van der Waals surface area contributed by atoms with Crippen LogP contribution in [0.3, 0.4) is 0 Å². The molecule has 0 aliphatic carbocycles. The Labute approximate surface area is 159 Å². The Hall–Kier alpha value is -2.39. The van der Waals surface area contributed by atoms with E-state index in [2.05, 4.69) is 36.8 Å². The zero-order chi connectivity index (χ0) is 19.1. The molecule has 3 aromatic rings. The second kappa shape index (κ2) is 6.73. The van der Waals surface area contributed by atoms with Gasteiger partial charge in [0.1, 0.15) is 0 Å². The second-order valence-corrected chi connectivity index (χ2v) is 8.09. The van der Waals surface area contributed by atoms with Crippen LogP contribution in [-0.4, -0.2) is 9.97 Å². The lowest BCUT2D eigenvalue weighted by molar-refractivity contribution is 0.590. The molecule has 0 spiro atoms. The summed E-state index contributed by atoms with van der Waals surface area (Å²) in [6.07, 6.45) is 3.38. The predicted octanol–water partition coefficient (Wildman–Crippen LogP) is 5.67. The number of nitrogens with zero attached hydrogens (tertiary/aromatic N) is 1. The minimum atomic E-state index is -0.0328. The standard InChI is InChI=1S/C22H23ClN2O/c1-13-10-17(22(3,4)5)18(23)11-16(13)19-12-20(26)21(14(2)25-19)15-6-8-24-9-7-15/h6-12H,1-5H3,(H,25,26). The van der Waals surface area contributed by atoms with Gasteiger partial charge in [-0.15, -0.1) is 0 Å². The number of halogens is 1. The molecule has 0 saturated carbocycles. The molecule has 1 N–H and O–H groups in total. The highest BCUT2D eigenvalue weighted by Crippen LogP contribution is 2.35. The average molecular weight is 367 g/mol. The summed E-state index contributed by atoms with van der Waals surface area (Å²) in [5.74, 6) is 0. The summed E-state index contributed by atoms with van der Waals surface area (Å²) in [5.41, 5.74) is 6.24. The number of benzene rings is 1. The molecule has 26 heavy (non-hydrogen) atoms. The molecule has 3 nitrogen and oxygen atoms in total. The summed E-state index contributed by atoms with van der Waals surface area (Å²) < 4.78 is 0. The topological polar surface area (TPSA) is 45.8 Å². The van der Waals surface area contributed by atoms with Gasteiger partial charge in [-0.2, -0.15) is 0 Å². The Bertz CT molecular complexity index is 1010. The van der Waals surface area contributed by atoms with Gasteiger partial charge in [-0.1, -0.05) is 38.4 Å². The summed E-state index contributed by atoms with van der Waals surface area (Å²) in [7, 11) is 0. The molecule has 0 aliphatic rings. The van der Waals surface area contributed by atoms with Crippen molar-refractivity contribution in [3.05, 3.63) is 74.8 Å². The number of aromatic nitrogens is 2. The number of aryl methyl sites for hydroxylation is 2. The number of H-pyrrole nitrogens is 1. The zero-order valence-electron chi connectivity index (χ0n) is 15.8. The summed E-state index contributed by atoms with van der Waals surface area (Å²) in [4.78, 5) is 20.2. The van der Waals surface area contributed by atoms with Crippen molar-refractivity contribution in [1.29, 1.82) is 0 Å². The van der Waals surface area contributed by atoms with Gasteiger partial charge in [0.25, 0.3) is 0 Å². The number of nitrogens with one attached hydrogen (secondary N) is 1. The first-order valence-electron chi connectivity index (χ1n) is 8.64. The van der Waals surface area contributed by atoms with Crippen molar-refractivity contribution in [2.45, 2.75) is 40.0 Å². The van der Waals surface area contributed by atoms with E-state index >= 15 is 0 Å². The number of hydrogen-bond acceptors (Lipinski definition) is 2. The molecule has 0 radical (unpaired) electrons. The van der Waals surface area contributed by atoms with E-state index in [4.69, 9.17) is 11.6 Å². The fourth-order valence-electron chi connectivity index (χ4n) is 3.26. The van der Waals surface area contributed by atoms with E-state index in [1.165, 1.54) is 0 Å². The van der Waals surface area contributed by atoms with Gasteiger partial charge in [-0.25, -0.2) is 0 Å². The van der Waals surface area contributed by atoms with Crippen molar-refractivity contribution in [3.8, 4) is 22.4 Å². The van der Waals surface area contributed by atoms with Crippen LogP contribution in [0.1, 0.15) is 37.6 Å². The average Bonchev–Trinajstić information content (AvgIpc) is 2.56. The van der Waals surface area contributed by atoms with Crippen molar-refractivity contribution < 1.29 is 0 Å². The summed E-state index contributed by atoms with van der Waals surface area (Å²) in [6.45, 7) is 10.4. The van der Waals surface area contributed by atoms with Crippen molar-refractivity contribution in [1.82, 2.24) is 9.97 Å². The van der Waals surface area contributed by atoms with Gasteiger partial charge in [-0.3, -0.25) is 9.78 Å². The molecule has 0 atom stereocenters. The number of pyridine rings is 2. The smallest absolute Gasteiger partial charge is 0.190 e. The molecule has 134 valence electrons. The molecule has 4 heteroatoms. The number of aromatic amines is 1. The first-order chi connectivity index (χ1) is 12.2. The third kappa shape index (κ3) is 3.45. The molecular formula is C22H23ClN2O. The molecule has 0 amide bonds. The molecule has 2 heterocycles. The van der Waals surface area contributed by atoms with E-state index in [-0.39, 0.29) is 10.8 Å². The molecular weight excluding hydrogens is 344 g/mol. The van der Waals surface area contributed by atoms with Crippen LogP contribution < -0.4 is 5.43 Å². The van der Waals surface area contributed by atoms with E-state index in [9.17, 15) is 4.79 Å². The van der Waals surface area contributed by atoms with Crippen LogP contribution in [0.15, 0.2) is 47.5 Å². The van der Waals surface area contributed by atoms with E-state index in [0.717, 1.165) is 38.7 Å². The van der Waals surface area contributed by atoms with Crippen LogP contribution in [-0.2, 0) is 5.41 Å². The Morgan fingerprint density at radius 2 is 1.69 bits per heavy atom. The second-order valence-electron chi connectivity index (χ2n) is 7.68. The van der Waals surface area contributed by atoms with E-state index in [1.807, 2.05) is 32.0 Å². The van der Waals surface area contributed by atoms with Crippen LogP contribution in [0.2, 0.25) is 5.02 Å². The Morgan fingerprint density at radius 3 is 2.27 bits per heavy atom. The van der Waals surface area contributed by atoms with Gasteiger partial charge in [0.2, 0.25) is 0 Å². The minimum absolute atomic E-state index is 0.0159. The molecule has 0 unspecified atom stereocenters. The Balaban J connectivity index is 2.15. The first kappa shape index (κ1) is 18.4. The lowest BCUT2D eigenvalue weighted by atomic mass is 9.85. The third-order valence-corrected chi connectivity index (χ3v) is 4.91. The number of hydrogen-bond donors (Lipinski definition) is 1. The zero-order valence-corrected chi connectivity index (χ0v) is 16.5.